The molecule has 0 unspecified atom stereocenters. The number of nitrogens with zero attached hydrogens (tertiary/aromatic N) is 1. The second-order valence-electron chi connectivity index (χ2n) is 7.32. The smallest absolute Gasteiger partial charge is 0.240 e. The average Bonchev–Trinajstić information content (AvgIpc) is 2.69. The fourth-order valence-electron chi connectivity index (χ4n) is 2.94. The number of benzene rings is 2. The van der Waals surface area contributed by atoms with E-state index in [1.54, 1.807) is 18.2 Å². The van der Waals surface area contributed by atoms with Gasteiger partial charge in [0.1, 0.15) is 6.54 Å². The molecule has 0 spiro atoms. The highest BCUT2D eigenvalue weighted by Gasteiger charge is 2.20. The lowest BCUT2D eigenvalue weighted by molar-refractivity contribution is -0.119. The van der Waals surface area contributed by atoms with Crippen LogP contribution in [0.3, 0.4) is 0 Å². The van der Waals surface area contributed by atoms with Crippen molar-refractivity contribution in [2.24, 2.45) is 0 Å². The number of carbonyl (C=O) groups excluding carboxylic acids is 1. The SMILES string of the molecule is CSc1cccc(N(CC(=O)NCCCc2ccc(C(C)C)cc2)S(C)(=O)=O)c1. The summed E-state index contributed by atoms with van der Waals surface area (Å²) in [7, 11) is -3.56. The Bertz CT molecular complexity index is 910. The third kappa shape index (κ3) is 7.40. The molecule has 0 aliphatic carbocycles. The number of rotatable bonds is 10. The minimum Gasteiger partial charge on any atom is -0.355 e. The zero-order valence-corrected chi connectivity index (χ0v) is 19.1. The van der Waals surface area contributed by atoms with E-state index in [1.807, 2.05) is 12.3 Å². The molecule has 0 atom stereocenters. The van der Waals surface area contributed by atoms with Gasteiger partial charge in [-0.25, -0.2) is 8.42 Å². The second kappa shape index (κ2) is 10.7. The first-order valence-corrected chi connectivity index (χ1v) is 12.8. The van der Waals surface area contributed by atoms with E-state index in [2.05, 4.69) is 43.4 Å². The number of hydrogen-bond donors (Lipinski definition) is 1. The van der Waals surface area contributed by atoms with Crippen LogP contribution < -0.4 is 9.62 Å². The number of sulfonamides is 1. The first-order valence-electron chi connectivity index (χ1n) is 9.68. The average molecular weight is 435 g/mol. The minimum absolute atomic E-state index is 0.222. The summed E-state index contributed by atoms with van der Waals surface area (Å²) in [5.41, 5.74) is 3.04. The van der Waals surface area contributed by atoms with Crippen LogP contribution in [0.4, 0.5) is 5.69 Å². The van der Waals surface area contributed by atoms with Gasteiger partial charge in [-0.2, -0.15) is 0 Å². The Kier molecular flexibility index (Phi) is 8.59. The van der Waals surface area contributed by atoms with Crippen LogP contribution >= 0.6 is 11.8 Å². The first kappa shape index (κ1) is 23.3. The molecule has 7 heteroatoms. The van der Waals surface area contributed by atoms with Crippen LogP contribution in [0.1, 0.15) is 37.3 Å². The Morgan fingerprint density at radius 3 is 2.41 bits per heavy atom. The van der Waals surface area contributed by atoms with Crippen LogP contribution in [-0.2, 0) is 21.2 Å². The van der Waals surface area contributed by atoms with E-state index in [9.17, 15) is 13.2 Å². The van der Waals surface area contributed by atoms with Gasteiger partial charge in [-0.05, 0) is 54.3 Å². The number of thioether (sulfide) groups is 1. The number of aryl methyl sites for hydroxylation is 1. The van der Waals surface area contributed by atoms with Gasteiger partial charge in [0.05, 0.1) is 11.9 Å². The van der Waals surface area contributed by atoms with Crippen molar-refractivity contribution in [3.05, 3.63) is 59.7 Å². The third-order valence-electron chi connectivity index (χ3n) is 4.64. The Morgan fingerprint density at radius 1 is 1.14 bits per heavy atom. The molecule has 158 valence electrons. The molecule has 0 saturated carbocycles. The fourth-order valence-corrected chi connectivity index (χ4v) is 4.24. The Balaban J connectivity index is 1.88. The first-order chi connectivity index (χ1) is 13.7. The molecule has 0 fully saturated rings. The predicted molar refractivity (Wildman–Crippen MR) is 122 cm³/mol. The van der Waals surface area contributed by atoms with Crippen molar-refractivity contribution in [3.8, 4) is 0 Å². The van der Waals surface area contributed by atoms with Crippen LogP contribution in [0.25, 0.3) is 0 Å². The normalized spacial score (nSPS) is 11.5. The molecule has 1 amide bonds. The maximum Gasteiger partial charge on any atom is 0.240 e. The molecule has 0 heterocycles. The van der Waals surface area contributed by atoms with Crippen molar-refractivity contribution in [2.75, 3.05) is 29.9 Å². The van der Waals surface area contributed by atoms with Crippen molar-refractivity contribution < 1.29 is 13.2 Å². The molecule has 2 aromatic rings. The highest BCUT2D eigenvalue weighted by atomic mass is 32.2. The largest absolute Gasteiger partial charge is 0.355 e. The highest BCUT2D eigenvalue weighted by Crippen LogP contribution is 2.23. The van der Waals surface area contributed by atoms with Gasteiger partial charge in [-0.3, -0.25) is 9.10 Å². The van der Waals surface area contributed by atoms with Crippen molar-refractivity contribution >= 4 is 33.4 Å². The highest BCUT2D eigenvalue weighted by molar-refractivity contribution is 7.98. The van der Waals surface area contributed by atoms with Crippen LogP contribution in [0, 0.1) is 0 Å². The van der Waals surface area contributed by atoms with Gasteiger partial charge in [0, 0.05) is 11.4 Å². The summed E-state index contributed by atoms with van der Waals surface area (Å²) in [4.78, 5) is 13.3. The van der Waals surface area contributed by atoms with Gasteiger partial charge in [0.15, 0.2) is 0 Å². The van der Waals surface area contributed by atoms with E-state index in [0.29, 0.717) is 18.2 Å². The van der Waals surface area contributed by atoms with E-state index in [4.69, 9.17) is 0 Å². The molecule has 1 N–H and O–H groups in total. The van der Waals surface area contributed by atoms with E-state index in [0.717, 1.165) is 28.3 Å². The topological polar surface area (TPSA) is 66.5 Å². The summed E-state index contributed by atoms with van der Waals surface area (Å²) < 4.78 is 25.5. The van der Waals surface area contributed by atoms with Crippen molar-refractivity contribution in [1.82, 2.24) is 5.32 Å². The Labute approximate surface area is 178 Å². The number of carbonyl (C=O) groups is 1. The number of amides is 1. The molecule has 0 bridgehead atoms. The lowest BCUT2D eigenvalue weighted by Crippen LogP contribution is -2.40. The number of anilines is 1. The molecular weight excluding hydrogens is 404 g/mol. The van der Waals surface area contributed by atoms with Crippen molar-refractivity contribution in [2.45, 2.75) is 37.5 Å². The maximum atomic E-state index is 12.3. The number of hydrogen-bond acceptors (Lipinski definition) is 4. The molecule has 0 aromatic heterocycles. The second-order valence-corrected chi connectivity index (χ2v) is 10.1. The molecule has 5 nitrogen and oxygen atoms in total. The molecule has 0 saturated heterocycles. The molecule has 2 rings (SSSR count). The molecule has 29 heavy (non-hydrogen) atoms. The lowest BCUT2D eigenvalue weighted by atomic mass is 10.0. The van der Waals surface area contributed by atoms with Crippen molar-refractivity contribution in [3.63, 3.8) is 0 Å². The summed E-state index contributed by atoms with van der Waals surface area (Å²) in [5, 5.41) is 2.83. The van der Waals surface area contributed by atoms with Crippen LogP contribution in [0.2, 0.25) is 0 Å². The van der Waals surface area contributed by atoms with E-state index >= 15 is 0 Å². The van der Waals surface area contributed by atoms with E-state index < -0.39 is 10.0 Å². The summed E-state index contributed by atoms with van der Waals surface area (Å²) >= 11 is 1.52. The lowest BCUT2D eigenvalue weighted by Gasteiger charge is -2.22. The van der Waals surface area contributed by atoms with Gasteiger partial charge < -0.3 is 5.32 Å². The fraction of sp³-hybridized carbons (Fsp3) is 0.409. The molecule has 2 aromatic carbocycles. The standard InChI is InChI=1S/C22H30N2O3S2/c1-17(2)19-12-10-18(11-13-19)7-6-14-23-22(25)16-24(29(4,26)27)20-8-5-9-21(15-20)28-3/h5,8-13,15,17H,6-7,14,16H2,1-4H3,(H,23,25). The molecule has 0 radical (unpaired) electrons. The number of nitrogens with one attached hydrogen (secondary N) is 1. The quantitative estimate of drug-likeness (QED) is 0.453. The van der Waals surface area contributed by atoms with Crippen molar-refractivity contribution in [1.29, 1.82) is 0 Å². The summed E-state index contributed by atoms with van der Waals surface area (Å²) in [6, 6.07) is 15.7. The molecule has 0 aliphatic rings. The van der Waals surface area contributed by atoms with Gasteiger partial charge >= 0.3 is 0 Å². The van der Waals surface area contributed by atoms with Crippen LogP contribution in [0.5, 0.6) is 0 Å². The Hall–Kier alpha value is -1.99. The summed E-state index contributed by atoms with van der Waals surface area (Å²) in [6.45, 7) is 4.62. The molecule has 0 aliphatic heterocycles. The van der Waals surface area contributed by atoms with E-state index in [1.165, 1.54) is 22.9 Å². The predicted octanol–water partition coefficient (Wildman–Crippen LogP) is 4.05. The summed E-state index contributed by atoms with van der Waals surface area (Å²) in [5.74, 6) is 0.206. The zero-order chi connectivity index (χ0) is 21.4. The van der Waals surface area contributed by atoms with Gasteiger partial charge in [0.25, 0.3) is 0 Å². The van der Waals surface area contributed by atoms with Gasteiger partial charge in [-0.15, -0.1) is 11.8 Å². The maximum absolute atomic E-state index is 12.3. The summed E-state index contributed by atoms with van der Waals surface area (Å²) in [6.07, 6.45) is 4.71. The molecular formula is C22H30N2O3S2. The van der Waals surface area contributed by atoms with Gasteiger partial charge in [0.2, 0.25) is 15.9 Å². The zero-order valence-electron chi connectivity index (χ0n) is 17.5. The van der Waals surface area contributed by atoms with Crippen LogP contribution in [-0.4, -0.2) is 39.9 Å². The monoisotopic (exact) mass is 434 g/mol. The Morgan fingerprint density at radius 2 is 1.83 bits per heavy atom. The van der Waals surface area contributed by atoms with Crippen LogP contribution in [0.15, 0.2) is 53.4 Å². The van der Waals surface area contributed by atoms with E-state index in [-0.39, 0.29) is 12.5 Å². The van der Waals surface area contributed by atoms with Gasteiger partial charge in [-0.1, -0.05) is 44.2 Å². The third-order valence-corrected chi connectivity index (χ3v) is 6.51. The minimum atomic E-state index is -3.56.